The lowest BCUT2D eigenvalue weighted by atomic mass is 10.2. The summed E-state index contributed by atoms with van der Waals surface area (Å²) in [7, 11) is 0. The van der Waals surface area contributed by atoms with E-state index >= 15 is 0 Å². The highest BCUT2D eigenvalue weighted by Crippen LogP contribution is 2.18. The summed E-state index contributed by atoms with van der Waals surface area (Å²) < 4.78 is 0. The first-order chi connectivity index (χ1) is 13.6. The maximum absolute atomic E-state index is 11.2. The Morgan fingerprint density at radius 1 is 1.21 bits per heavy atom. The molecule has 7 N–H and O–H groups in total. The molecule has 2 rings (SSSR count). The summed E-state index contributed by atoms with van der Waals surface area (Å²) in [6.45, 7) is 4.20. The monoisotopic (exact) mass is 381 g/mol. The number of aromatic nitrogens is 2. The number of nitrogens with one attached hydrogen (secondary N) is 3. The zero-order valence-corrected chi connectivity index (χ0v) is 16.1. The Morgan fingerprint density at radius 2 is 2.00 bits per heavy atom. The van der Waals surface area contributed by atoms with E-state index < -0.39 is 5.91 Å². The van der Waals surface area contributed by atoms with Crippen molar-refractivity contribution in [3.63, 3.8) is 0 Å². The molecule has 8 heteroatoms. The number of amides is 1. The summed E-state index contributed by atoms with van der Waals surface area (Å²) in [5, 5.41) is 9.48. The van der Waals surface area contributed by atoms with Crippen LogP contribution in [0.4, 0.5) is 17.5 Å². The minimum Gasteiger partial charge on any atom is -0.369 e. The quantitative estimate of drug-likeness (QED) is 0.241. The van der Waals surface area contributed by atoms with Crippen molar-refractivity contribution in [1.29, 1.82) is 0 Å². The third kappa shape index (κ3) is 6.87. The third-order valence-electron chi connectivity index (χ3n) is 3.78. The van der Waals surface area contributed by atoms with Crippen molar-refractivity contribution < 1.29 is 4.79 Å². The molecule has 8 nitrogen and oxygen atoms in total. The number of anilines is 3. The molecule has 0 saturated heterocycles. The molecule has 0 fully saturated rings. The van der Waals surface area contributed by atoms with Crippen molar-refractivity contribution in [2.45, 2.75) is 26.2 Å². The predicted octanol–water partition coefficient (Wildman–Crippen LogP) is 1.78. The van der Waals surface area contributed by atoms with Crippen molar-refractivity contribution in [1.82, 2.24) is 15.3 Å². The van der Waals surface area contributed by atoms with Gasteiger partial charge in [0.15, 0.2) is 0 Å². The number of nitrogens with zero attached hydrogens (tertiary/aromatic N) is 2. The van der Waals surface area contributed by atoms with Gasteiger partial charge in [0.25, 0.3) is 0 Å². The van der Waals surface area contributed by atoms with E-state index in [9.17, 15) is 4.79 Å². The number of primary amides is 1. The van der Waals surface area contributed by atoms with Gasteiger partial charge in [-0.15, -0.1) is 0 Å². The fourth-order valence-electron chi connectivity index (χ4n) is 2.32. The van der Waals surface area contributed by atoms with Crippen molar-refractivity contribution >= 4 is 23.4 Å². The molecule has 28 heavy (non-hydrogen) atoms. The lowest BCUT2D eigenvalue weighted by molar-refractivity contribution is 0.100. The van der Waals surface area contributed by atoms with Gasteiger partial charge in [-0.3, -0.25) is 4.79 Å². The second-order valence-electron chi connectivity index (χ2n) is 6.06. The molecule has 0 bridgehead atoms. The summed E-state index contributed by atoms with van der Waals surface area (Å²) in [5.41, 5.74) is 12.6. The van der Waals surface area contributed by atoms with Crippen LogP contribution in [0.5, 0.6) is 0 Å². The molecule has 0 unspecified atom stereocenters. The van der Waals surface area contributed by atoms with Gasteiger partial charge >= 0.3 is 0 Å². The molecule has 0 spiro atoms. The molecular formula is C20H27N7O. The van der Waals surface area contributed by atoms with Gasteiger partial charge in [-0.1, -0.05) is 18.8 Å². The highest BCUT2D eigenvalue weighted by atomic mass is 16.1. The van der Waals surface area contributed by atoms with Gasteiger partial charge in [0.1, 0.15) is 5.82 Å². The van der Waals surface area contributed by atoms with Crippen LogP contribution in [-0.4, -0.2) is 35.6 Å². The van der Waals surface area contributed by atoms with E-state index in [-0.39, 0.29) is 0 Å². The summed E-state index contributed by atoms with van der Waals surface area (Å²) in [6.07, 6.45) is 4.38. The second-order valence-corrected chi connectivity index (χ2v) is 6.06. The number of carbonyl (C=O) groups excluding carboxylic acids is 1. The summed E-state index contributed by atoms with van der Waals surface area (Å²) in [4.78, 5) is 20.0. The first-order valence-electron chi connectivity index (χ1n) is 9.31. The van der Waals surface area contributed by atoms with Gasteiger partial charge < -0.3 is 27.4 Å². The average Bonchev–Trinajstić information content (AvgIpc) is 2.70. The highest BCUT2D eigenvalue weighted by Gasteiger charge is 2.06. The fraction of sp³-hybridized carbons (Fsp3) is 0.350. The maximum atomic E-state index is 11.2. The Hall–Kier alpha value is -3.15. The van der Waals surface area contributed by atoms with E-state index in [4.69, 9.17) is 11.5 Å². The summed E-state index contributed by atoms with van der Waals surface area (Å²) >= 11 is 0. The number of carbonyl (C=O) groups is 1. The zero-order valence-electron chi connectivity index (χ0n) is 16.1. The molecule has 1 amide bonds. The number of benzene rings is 1. The van der Waals surface area contributed by atoms with Crippen LogP contribution in [0.2, 0.25) is 0 Å². The number of nitrogens with two attached hydrogens (primary N) is 2. The van der Waals surface area contributed by atoms with Gasteiger partial charge in [0.2, 0.25) is 11.9 Å². The molecule has 0 radical (unpaired) electrons. The smallest absolute Gasteiger partial charge is 0.248 e. The van der Waals surface area contributed by atoms with Crippen LogP contribution in [0.25, 0.3) is 0 Å². The molecule has 2 aromatic rings. The fourth-order valence-corrected chi connectivity index (χ4v) is 2.32. The van der Waals surface area contributed by atoms with Crippen LogP contribution < -0.4 is 27.4 Å². The SMILES string of the molecule is CCCNc1nc(Nc2ccc(C(N)=O)cc2)ncc1C#CCCCNCN. The second kappa shape index (κ2) is 11.5. The van der Waals surface area contributed by atoms with Crippen LogP contribution >= 0.6 is 0 Å². The molecular weight excluding hydrogens is 354 g/mol. The van der Waals surface area contributed by atoms with Crippen LogP contribution in [0, 0.1) is 11.8 Å². The van der Waals surface area contributed by atoms with Crippen molar-refractivity contribution in [2.75, 3.05) is 30.4 Å². The number of rotatable bonds is 10. The molecule has 0 aliphatic rings. The molecule has 0 aliphatic carbocycles. The zero-order chi connectivity index (χ0) is 20.2. The number of unbranched alkanes of at least 4 members (excludes halogenated alkanes) is 1. The molecule has 0 saturated carbocycles. The third-order valence-corrected chi connectivity index (χ3v) is 3.78. The van der Waals surface area contributed by atoms with E-state index in [1.165, 1.54) is 0 Å². The minimum atomic E-state index is -0.462. The predicted molar refractivity (Wildman–Crippen MR) is 112 cm³/mol. The van der Waals surface area contributed by atoms with Crippen molar-refractivity contribution in [3.8, 4) is 11.8 Å². The Bertz CT molecular complexity index is 825. The largest absolute Gasteiger partial charge is 0.369 e. The molecule has 0 aliphatic heterocycles. The Labute approximate surface area is 165 Å². The van der Waals surface area contributed by atoms with Gasteiger partial charge in [-0.05, 0) is 43.7 Å². The topological polar surface area (TPSA) is 131 Å². The summed E-state index contributed by atoms with van der Waals surface area (Å²) in [6, 6.07) is 6.82. The van der Waals surface area contributed by atoms with Crippen LogP contribution in [0.15, 0.2) is 30.5 Å². The number of hydrogen-bond donors (Lipinski definition) is 5. The van der Waals surface area contributed by atoms with Gasteiger partial charge in [-0.2, -0.15) is 4.98 Å². The van der Waals surface area contributed by atoms with Crippen LogP contribution in [0.3, 0.4) is 0 Å². The Kier molecular flexibility index (Phi) is 8.72. The maximum Gasteiger partial charge on any atom is 0.248 e. The lowest BCUT2D eigenvalue weighted by Gasteiger charge is -2.10. The van der Waals surface area contributed by atoms with Crippen molar-refractivity contribution in [2.24, 2.45) is 11.5 Å². The van der Waals surface area contributed by atoms with Gasteiger partial charge in [0, 0.05) is 30.9 Å². The van der Waals surface area contributed by atoms with Crippen molar-refractivity contribution in [3.05, 3.63) is 41.6 Å². The Balaban J connectivity index is 2.09. The molecule has 1 aromatic heterocycles. The first-order valence-corrected chi connectivity index (χ1v) is 9.31. The highest BCUT2D eigenvalue weighted by molar-refractivity contribution is 5.93. The average molecular weight is 381 g/mol. The van der Waals surface area contributed by atoms with Gasteiger partial charge in [-0.25, -0.2) is 4.98 Å². The van der Waals surface area contributed by atoms with E-state index in [1.807, 2.05) is 0 Å². The minimum absolute atomic E-state index is 0.447. The molecule has 148 valence electrons. The van der Waals surface area contributed by atoms with E-state index in [0.29, 0.717) is 24.0 Å². The first kappa shape index (κ1) is 21.2. The Morgan fingerprint density at radius 3 is 2.68 bits per heavy atom. The van der Waals surface area contributed by atoms with Gasteiger partial charge in [0.05, 0.1) is 11.8 Å². The standard InChI is InChI=1S/C20H27N7O/c1-2-11-24-19-16(6-4-3-5-12-23-14-21)13-25-20(27-19)26-17-9-7-15(8-10-17)18(22)28/h7-10,13,23H,2-3,5,11-12,14,21H2,1H3,(H2,22,28)(H2,24,25,26,27). The molecule has 1 heterocycles. The molecule has 1 aromatic carbocycles. The number of hydrogen-bond acceptors (Lipinski definition) is 7. The van der Waals surface area contributed by atoms with Crippen LogP contribution in [0.1, 0.15) is 42.1 Å². The molecule has 0 atom stereocenters. The summed E-state index contributed by atoms with van der Waals surface area (Å²) in [5.74, 6) is 6.96. The lowest BCUT2D eigenvalue weighted by Crippen LogP contribution is -2.22. The van der Waals surface area contributed by atoms with E-state index in [0.717, 1.165) is 43.6 Å². The normalized spacial score (nSPS) is 10.1. The van der Waals surface area contributed by atoms with E-state index in [1.54, 1.807) is 30.5 Å². The van der Waals surface area contributed by atoms with Crippen LogP contribution in [-0.2, 0) is 0 Å². The van der Waals surface area contributed by atoms with E-state index in [2.05, 4.69) is 44.7 Å².